The molecule has 0 aromatic heterocycles. The highest BCUT2D eigenvalue weighted by Crippen LogP contribution is 2.47. The van der Waals surface area contributed by atoms with Crippen LogP contribution in [-0.4, -0.2) is 34.5 Å². The number of ketones is 1. The highest BCUT2D eigenvalue weighted by atomic mass is 16.7. The summed E-state index contributed by atoms with van der Waals surface area (Å²) >= 11 is 0. The van der Waals surface area contributed by atoms with E-state index in [9.17, 15) is 9.90 Å². The van der Waals surface area contributed by atoms with E-state index in [0.717, 1.165) is 25.7 Å². The van der Waals surface area contributed by atoms with Crippen LogP contribution in [-0.2, 0) is 14.3 Å². The third-order valence-corrected chi connectivity index (χ3v) is 6.42. The zero-order valence-electron chi connectivity index (χ0n) is 17.5. The largest absolute Gasteiger partial charge is 0.393 e. The molecule has 28 heavy (non-hydrogen) atoms. The van der Waals surface area contributed by atoms with Crippen LogP contribution in [0.4, 0.5) is 0 Å². The first-order valence-corrected chi connectivity index (χ1v) is 11.5. The van der Waals surface area contributed by atoms with Crippen LogP contribution in [0, 0.1) is 0 Å². The van der Waals surface area contributed by atoms with Gasteiger partial charge in [0.15, 0.2) is 11.6 Å². The second-order valence-electron chi connectivity index (χ2n) is 8.99. The summed E-state index contributed by atoms with van der Waals surface area (Å²) in [6.45, 7) is 2.26. The summed E-state index contributed by atoms with van der Waals surface area (Å²) in [7, 11) is 0. The first-order valence-electron chi connectivity index (χ1n) is 11.5. The molecule has 0 unspecified atom stereocenters. The molecule has 2 spiro atoms. The third kappa shape index (κ3) is 6.01. The molecule has 158 valence electrons. The molecule has 0 aromatic rings. The summed E-state index contributed by atoms with van der Waals surface area (Å²) in [6, 6.07) is 0. The minimum Gasteiger partial charge on any atom is -0.393 e. The summed E-state index contributed by atoms with van der Waals surface area (Å²) < 4.78 is 12.7. The van der Waals surface area contributed by atoms with Gasteiger partial charge in [0.05, 0.1) is 12.2 Å². The molecule has 3 aliphatic rings. The number of aliphatic hydroxyl groups excluding tert-OH is 1. The average Bonchev–Trinajstić information content (AvgIpc) is 3.00. The Morgan fingerprint density at radius 1 is 1.00 bits per heavy atom. The van der Waals surface area contributed by atoms with Crippen molar-refractivity contribution in [1.29, 1.82) is 0 Å². The fourth-order valence-corrected chi connectivity index (χ4v) is 4.86. The van der Waals surface area contributed by atoms with E-state index in [-0.39, 0.29) is 18.0 Å². The number of aliphatic hydroxyl groups is 1. The quantitative estimate of drug-likeness (QED) is 0.508. The van der Waals surface area contributed by atoms with Crippen LogP contribution in [0.3, 0.4) is 0 Å². The maximum absolute atomic E-state index is 11.4. The van der Waals surface area contributed by atoms with Gasteiger partial charge in [-0.05, 0) is 43.6 Å². The van der Waals surface area contributed by atoms with Gasteiger partial charge in [0.2, 0.25) is 0 Å². The molecule has 1 aliphatic carbocycles. The van der Waals surface area contributed by atoms with Crippen molar-refractivity contribution in [3.05, 3.63) is 24.3 Å². The normalized spacial score (nSPS) is 31.3. The molecule has 4 nitrogen and oxygen atoms in total. The van der Waals surface area contributed by atoms with Gasteiger partial charge in [0.25, 0.3) is 0 Å². The van der Waals surface area contributed by atoms with Gasteiger partial charge >= 0.3 is 0 Å². The molecule has 2 heterocycles. The molecule has 0 bridgehead atoms. The van der Waals surface area contributed by atoms with Crippen LogP contribution in [0.2, 0.25) is 0 Å². The van der Waals surface area contributed by atoms with E-state index >= 15 is 0 Å². The van der Waals surface area contributed by atoms with Crippen molar-refractivity contribution >= 4 is 5.78 Å². The summed E-state index contributed by atoms with van der Waals surface area (Å²) in [5, 5.41) is 10.4. The second kappa shape index (κ2) is 10.2. The molecule has 0 radical (unpaired) electrons. The molecule has 2 aliphatic heterocycles. The summed E-state index contributed by atoms with van der Waals surface area (Å²) in [5.41, 5.74) is -0.534. The number of unbranched alkanes of at least 4 members (excludes halogenated alkanes) is 8. The lowest BCUT2D eigenvalue weighted by Crippen LogP contribution is -2.47. The second-order valence-corrected chi connectivity index (χ2v) is 8.99. The van der Waals surface area contributed by atoms with Crippen molar-refractivity contribution in [1.82, 2.24) is 0 Å². The Bertz CT molecular complexity index is 551. The van der Waals surface area contributed by atoms with Crippen LogP contribution in [0.15, 0.2) is 24.3 Å². The smallest absolute Gasteiger partial charge is 0.178 e. The zero-order chi connectivity index (χ0) is 19.9. The van der Waals surface area contributed by atoms with Crippen molar-refractivity contribution < 1.29 is 19.4 Å². The Morgan fingerprint density at radius 3 is 2.32 bits per heavy atom. The number of carbonyl (C=O) groups is 1. The van der Waals surface area contributed by atoms with Gasteiger partial charge in [0, 0.05) is 12.8 Å². The Kier molecular flexibility index (Phi) is 7.90. The predicted molar refractivity (Wildman–Crippen MR) is 111 cm³/mol. The van der Waals surface area contributed by atoms with Crippen LogP contribution < -0.4 is 0 Å². The standard InChI is InChI=1S/C24H38O4/c1-2-3-4-5-6-7-8-9-10-11-22-18-21(26)19-24(27-22)17-16-23(28-24)14-12-20(25)13-15-23/h12-15,21-22,26H,2-11,16-19H2,1H3/t21-,22+,24+/m1/s1. The van der Waals surface area contributed by atoms with Crippen LogP contribution >= 0.6 is 0 Å². The lowest BCUT2D eigenvalue weighted by atomic mass is 9.91. The minimum atomic E-state index is -0.698. The summed E-state index contributed by atoms with van der Waals surface area (Å²) in [4.78, 5) is 11.4. The highest BCUT2D eigenvalue weighted by molar-refractivity contribution is 6.00. The molecule has 2 fully saturated rings. The van der Waals surface area contributed by atoms with Crippen LogP contribution in [0.5, 0.6) is 0 Å². The lowest BCUT2D eigenvalue weighted by Gasteiger charge is -2.42. The number of rotatable bonds is 10. The van der Waals surface area contributed by atoms with E-state index in [1.165, 1.54) is 51.4 Å². The van der Waals surface area contributed by atoms with Crippen molar-refractivity contribution in [3.8, 4) is 0 Å². The van der Waals surface area contributed by atoms with Gasteiger partial charge in [-0.15, -0.1) is 0 Å². The first-order chi connectivity index (χ1) is 13.5. The summed E-state index contributed by atoms with van der Waals surface area (Å²) in [6.07, 6.45) is 22.2. The third-order valence-electron chi connectivity index (χ3n) is 6.42. The molecule has 0 aromatic carbocycles. The van der Waals surface area contributed by atoms with Gasteiger partial charge in [-0.1, -0.05) is 64.7 Å². The van der Waals surface area contributed by atoms with Gasteiger partial charge in [0.1, 0.15) is 5.60 Å². The topological polar surface area (TPSA) is 55.8 Å². The maximum Gasteiger partial charge on any atom is 0.178 e. The fraction of sp³-hybridized carbons (Fsp3) is 0.792. The number of allylic oxidation sites excluding steroid dienone is 2. The van der Waals surface area contributed by atoms with E-state index in [1.54, 1.807) is 12.2 Å². The number of hydrogen-bond acceptors (Lipinski definition) is 4. The molecule has 0 amide bonds. The van der Waals surface area contributed by atoms with Gasteiger partial charge < -0.3 is 14.6 Å². The van der Waals surface area contributed by atoms with E-state index in [2.05, 4.69) is 6.92 Å². The Balaban J connectivity index is 1.39. The van der Waals surface area contributed by atoms with E-state index < -0.39 is 11.4 Å². The van der Waals surface area contributed by atoms with E-state index in [1.807, 2.05) is 12.2 Å². The number of hydrogen-bond donors (Lipinski definition) is 1. The monoisotopic (exact) mass is 390 g/mol. The molecule has 4 heteroatoms. The fourth-order valence-electron chi connectivity index (χ4n) is 4.86. The van der Waals surface area contributed by atoms with Crippen LogP contribution in [0.25, 0.3) is 0 Å². The molecule has 0 saturated carbocycles. The van der Waals surface area contributed by atoms with E-state index in [4.69, 9.17) is 9.47 Å². The molecule has 3 atom stereocenters. The Hall–Kier alpha value is -0.970. The number of ether oxygens (including phenoxy) is 2. The first kappa shape index (κ1) is 21.7. The summed E-state index contributed by atoms with van der Waals surface area (Å²) in [5.74, 6) is -0.695. The molecule has 3 rings (SSSR count). The van der Waals surface area contributed by atoms with Crippen molar-refractivity contribution in [2.24, 2.45) is 0 Å². The highest BCUT2D eigenvalue weighted by Gasteiger charge is 2.52. The van der Waals surface area contributed by atoms with Gasteiger partial charge in [-0.2, -0.15) is 0 Å². The minimum absolute atomic E-state index is 0.00279. The van der Waals surface area contributed by atoms with E-state index in [0.29, 0.717) is 12.8 Å². The molecule has 1 N–H and O–H groups in total. The molecular weight excluding hydrogens is 352 g/mol. The SMILES string of the molecule is CCCCCCCCCCC[C@H]1C[C@@H](O)C[C@@]2(CCC3(C=CC(=O)C=C3)O2)O1. The van der Waals surface area contributed by atoms with Gasteiger partial charge in [-0.25, -0.2) is 0 Å². The van der Waals surface area contributed by atoms with Crippen molar-refractivity contribution in [3.63, 3.8) is 0 Å². The van der Waals surface area contributed by atoms with Crippen molar-refractivity contribution in [2.75, 3.05) is 0 Å². The average molecular weight is 391 g/mol. The van der Waals surface area contributed by atoms with Crippen LogP contribution in [0.1, 0.15) is 96.8 Å². The lowest BCUT2D eigenvalue weighted by molar-refractivity contribution is -0.292. The zero-order valence-corrected chi connectivity index (χ0v) is 17.5. The number of carbonyl (C=O) groups excluding carboxylic acids is 1. The molecular formula is C24H38O4. The maximum atomic E-state index is 11.4. The van der Waals surface area contributed by atoms with Crippen molar-refractivity contribution in [2.45, 2.75) is 120 Å². The Morgan fingerprint density at radius 2 is 1.64 bits per heavy atom. The molecule has 2 saturated heterocycles. The Labute approximate surface area is 170 Å². The predicted octanol–water partition coefficient (Wildman–Crippen LogP) is 5.39. The van der Waals surface area contributed by atoms with Gasteiger partial charge in [-0.3, -0.25) is 4.79 Å².